The Kier molecular flexibility index (Phi) is 4.03. The molecule has 0 aliphatic heterocycles. The van der Waals surface area contributed by atoms with Gasteiger partial charge in [0.25, 0.3) is 0 Å². The number of anilines is 1. The third-order valence-electron chi connectivity index (χ3n) is 2.45. The number of halogens is 3. The second-order valence-electron chi connectivity index (χ2n) is 4.02. The van der Waals surface area contributed by atoms with Gasteiger partial charge in [0.1, 0.15) is 0 Å². The molecule has 1 N–H and O–H groups in total. The van der Waals surface area contributed by atoms with Crippen LogP contribution in [0.2, 0.25) is 0 Å². The van der Waals surface area contributed by atoms with Crippen LogP contribution in [0.4, 0.5) is 18.9 Å². The maximum absolute atomic E-state index is 12.9. The summed E-state index contributed by atoms with van der Waals surface area (Å²) in [6, 6.07) is 1.82. The summed E-state index contributed by atoms with van der Waals surface area (Å²) in [7, 11) is 0. The first-order valence-corrected chi connectivity index (χ1v) is 5.74. The molecule has 102 valence electrons. The van der Waals surface area contributed by atoms with E-state index in [1.54, 1.807) is 6.92 Å². The first kappa shape index (κ1) is 13.4. The Labute approximate surface area is 107 Å². The molecule has 2 rings (SSSR count). The maximum Gasteiger partial charge on any atom is 0.226 e. The van der Waals surface area contributed by atoms with E-state index in [0.717, 1.165) is 12.1 Å². The van der Waals surface area contributed by atoms with Crippen LogP contribution >= 0.6 is 0 Å². The zero-order valence-electron chi connectivity index (χ0n) is 10.2. The summed E-state index contributed by atoms with van der Waals surface area (Å²) in [5.74, 6) is -2.82. The van der Waals surface area contributed by atoms with Crippen molar-refractivity contribution in [3.05, 3.63) is 41.3 Å². The highest BCUT2D eigenvalue weighted by atomic mass is 19.2. The average molecular weight is 271 g/mol. The molecular formula is C12H12F3N3O. The van der Waals surface area contributed by atoms with E-state index in [4.69, 9.17) is 4.52 Å². The van der Waals surface area contributed by atoms with Gasteiger partial charge in [-0.2, -0.15) is 4.98 Å². The molecule has 0 radical (unpaired) electrons. The highest BCUT2D eigenvalue weighted by Gasteiger charge is 2.10. The minimum absolute atomic E-state index is 0.193. The summed E-state index contributed by atoms with van der Waals surface area (Å²) in [4.78, 5) is 4.02. The number of hydrogen-bond donors (Lipinski definition) is 1. The van der Waals surface area contributed by atoms with Crippen LogP contribution in [-0.2, 0) is 6.42 Å². The van der Waals surface area contributed by atoms with Crippen molar-refractivity contribution in [2.45, 2.75) is 19.8 Å². The van der Waals surface area contributed by atoms with Crippen LogP contribution in [0.15, 0.2) is 16.7 Å². The summed E-state index contributed by atoms with van der Waals surface area (Å²) < 4.78 is 43.5. The van der Waals surface area contributed by atoms with Crippen molar-refractivity contribution >= 4 is 5.69 Å². The fraction of sp³-hybridized carbons (Fsp3) is 0.333. The summed E-state index contributed by atoms with van der Waals surface area (Å²) in [5.41, 5.74) is 0.193. The largest absolute Gasteiger partial charge is 0.385 e. The van der Waals surface area contributed by atoms with E-state index in [1.165, 1.54) is 0 Å². The second-order valence-corrected chi connectivity index (χ2v) is 4.02. The molecule has 0 unspecified atom stereocenters. The fourth-order valence-corrected chi connectivity index (χ4v) is 1.57. The molecule has 0 aliphatic rings. The van der Waals surface area contributed by atoms with Crippen LogP contribution in [0, 0.1) is 24.4 Å². The van der Waals surface area contributed by atoms with Crippen LogP contribution in [0.1, 0.15) is 18.1 Å². The van der Waals surface area contributed by atoms with Gasteiger partial charge in [0, 0.05) is 30.8 Å². The first-order valence-electron chi connectivity index (χ1n) is 5.74. The zero-order valence-corrected chi connectivity index (χ0v) is 10.2. The Bertz CT molecular complexity index is 548. The van der Waals surface area contributed by atoms with Gasteiger partial charge in [-0.05, 0) is 13.3 Å². The van der Waals surface area contributed by atoms with E-state index in [-0.39, 0.29) is 5.69 Å². The van der Waals surface area contributed by atoms with Crippen LogP contribution < -0.4 is 5.32 Å². The molecule has 0 amide bonds. The minimum Gasteiger partial charge on any atom is -0.385 e. The lowest BCUT2D eigenvalue weighted by atomic mass is 10.2. The minimum atomic E-state index is -1.47. The lowest BCUT2D eigenvalue weighted by molar-refractivity contribution is 0.373. The number of benzene rings is 1. The molecule has 0 fully saturated rings. The van der Waals surface area contributed by atoms with Crippen molar-refractivity contribution in [1.29, 1.82) is 0 Å². The average Bonchev–Trinajstić information content (AvgIpc) is 2.77. The monoisotopic (exact) mass is 271 g/mol. The van der Waals surface area contributed by atoms with E-state index in [1.807, 2.05) is 0 Å². The molecule has 0 saturated carbocycles. The molecule has 0 aliphatic carbocycles. The normalized spacial score (nSPS) is 10.7. The molecule has 1 heterocycles. The molecule has 0 bridgehead atoms. The highest BCUT2D eigenvalue weighted by Crippen LogP contribution is 2.17. The fourth-order valence-electron chi connectivity index (χ4n) is 1.57. The van der Waals surface area contributed by atoms with Crippen LogP contribution in [0.3, 0.4) is 0 Å². The molecule has 0 saturated heterocycles. The highest BCUT2D eigenvalue weighted by molar-refractivity contribution is 5.43. The molecule has 1 aromatic carbocycles. The van der Waals surface area contributed by atoms with Crippen molar-refractivity contribution in [3.63, 3.8) is 0 Å². The lowest BCUT2D eigenvalue weighted by Gasteiger charge is -2.06. The molecule has 0 atom stereocenters. The maximum atomic E-state index is 12.9. The molecule has 2 aromatic rings. The van der Waals surface area contributed by atoms with E-state index < -0.39 is 17.5 Å². The van der Waals surface area contributed by atoms with E-state index in [0.29, 0.717) is 31.1 Å². The number of rotatable bonds is 5. The van der Waals surface area contributed by atoms with Crippen molar-refractivity contribution < 1.29 is 17.7 Å². The Balaban J connectivity index is 1.83. The van der Waals surface area contributed by atoms with Crippen LogP contribution in [-0.4, -0.2) is 16.7 Å². The molecule has 1 aromatic heterocycles. The predicted molar refractivity (Wildman–Crippen MR) is 62.2 cm³/mol. The van der Waals surface area contributed by atoms with E-state index in [2.05, 4.69) is 15.5 Å². The molecule has 19 heavy (non-hydrogen) atoms. The Hall–Kier alpha value is -2.05. The molecule has 4 nitrogen and oxygen atoms in total. The van der Waals surface area contributed by atoms with Gasteiger partial charge >= 0.3 is 0 Å². The van der Waals surface area contributed by atoms with Crippen molar-refractivity contribution in [1.82, 2.24) is 10.1 Å². The van der Waals surface area contributed by atoms with E-state index in [9.17, 15) is 13.2 Å². The zero-order chi connectivity index (χ0) is 13.8. The lowest BCUT2D eigenvalue weighted by Crippen LogP contribution is -2.05. The predicted octanol–water partition coefficient (Wildman–Crippen LogP) is 2.84. The van der Waals surface area contributed by atoms with Gasteiger partial charge in [0.15, 0.2) is 23.3 Å². The number of aromatic nitrogens is 2. The smallest absolute Gasteiger partial charge is 0.226 e. The third kappa shape index (κ3) is 3.46. The van der Waals surface area contributed by atoms with Gasteiger partial charge in [-0.25, -0.2) is 13.2 Å². The van der Waals surface area contributed by atoms with Gasteiger partial charge in [0.05, 0.1) is 0 Å². The Morgan fingerprint density at radius 2 is 1.89 bits per heavy atom. The summed E-state index contributed by atoms with van der Waals surface area (Å²) >= 11 is 0. The second kappa shape index (κ2) is 5.73. The summed E-state index contributed by atoms with van der Waals surface area (Å²) in [6.07, 6.45) is 1.20. The number of nitrogens with zero attached hydrogens (tertiary/aromatic N) is 2. The van der Waals surface area contributed by atoms with Gasteiger partial charge in [-0.1, -0.05) is 5.16 Å². The number of aryl methyl sites for hydroxylation is 2. The Morgan fingerprint density at radius 1 is 1.21 bits per heavy atom. The molecular weight excluding hydrogens is 259 g/mol. The topological polar surface area (TPSA) is 51.0 Å². The third-order valence-corrected chi connectivity index (χ3v) is 2.45. The van der Waals surface area contributed by atoms with Gasteiger partial charge in [-0.3, -0.25) is 0 Å². The summed E-state index contributed by atoms with van der Waals surface area (Å²) in [6.45, 7) is 2.17. The first-order chi connectivity index (χ1) is 9.06. The van der Waals surface area contributed by atoms with Crippen LogP contribution in [0.25, 0.3) is 0 Å². The standard InChI is InChI=1S/C12H12F3N3O/c1-7-17-11(19-18-7)3-2-4-16-8-5-9(13)12(15)10(14)6-8/h5-6,16H,2-4H2,1H3. The quantitative estimate of drug-likeness (QED) is 0.671. The van der Waals surface area contributed by atoms with Gasteiger partial charge in [0.2, 0.25) is 5.89 Å². The van der Waals surface area contributed by atoms with Crippen molar-refractivity contribution in [3.8, 4) is 0 Å². The van der Waals surface area contributed by atoms with Crippen LogP contribution in [0.5, 0.6) is 0 Å². The van der Waals surface area contributed by atoms with Gasteiger partial charge in [-0.15, -0.1) is 0 Å². The molecule has 7 heteroatoms. The SMILES string of the molecule is Cc1noc(CCCNc2cc(F)c(F)c(F)c2)n1. The van der Waals surface area contributed by atoms with Gasteiger partial charge < -0.3 is 9.84 Å². The Morgan fingerprint density at radius 3 is 2.47 bits per heavy atom. The van der Waals surface area contributed by atoms with E-state index >= 15 is 0 Å². The number of nitrogens with one attached hydrogen (secondary N) is 1. The van der Waals surface area contributed by atoms with Crippen molar-refractivity contribution in [2.24, 2.45) is 0 Å². The van der Waals surface area contributed by atoms with Crippen molar-refractivity contribution in [2.75, 3.05) is 11.9 Å². The summed E-state index contributed by atoms with van der Waals surface area (Å²) in [5, 5.41) is 6.43. The molecule has 0 spiro atoms. The number of hydrogen-bond acceptors (Lipinski definition) is 4.